The van der Waals surface area contributed by atoms with E-state index in [0.29, 0.717) is 5.95 Å². The van der Waals surface area contributed by atoms with Crippen molar-refractivity contribution in [2.24, 2.45) is 0 Å². The van der Waals surface area contributed by atoms with Gasteiger partial charge in [0.05, 0.1) is 11.2 Å². The third kappa shape index (κ3) is 0.983. The van der Waals surface area contributed by atoms with Crippen LogP contribution >= 0.6 is 0 Å². The first-order valence-electron chi connectivity index (χ1n) is 4.18. The predicted octanol–water partition coefficient (Wildman–Crippen LogP) is 1.24. The summed E-state index contributed by atoms with van der Waals surface area (Å²) in [6, 6.07) is 2.09. The quantitative estimate of drug-likeness (QED) is 0.657. The Balaban J connectivity index is 3.03. The molecule has 2 heterocycles. The zero-order chi connectivity index (χ0) is 9.59. The average Bonchev–Trinajstić information content (AvgIpc) is 2.36. The molecule has 4 heteroatoms. The summed E-state index contributed by atoms with van der Waals surface area (Å²) in [5.74, 6) is 0.450. The number of aromatic nitrogens is 3. The van der Waals surface area contributed by atoms with Crippen LogP contribution < -0.4 is 5.73 Å². The fourth-order valence-electron chi connectivity index (χ4n) is 1.76. The number of fused-ring (bicyclic) bond motifs is 1. The monoisotopic (exact) mass is 176 g/mol. The van der Waals surface area contributed by atoms with E-state index < -0.39 is 0 Å². The van der Waals surface area contributed by atoms with Crippen molar-refractivity contribution in [2.75, 3.05) is 5.73 Å². The number of aryl methyl sites for hydroxylation is 3. The van der Waals surface area contributed by atoms with E-state index in [2.05, 4.69) is 23.2 Å². The molecule has 0 amide bonds. The highest BCUT2D eigenvalue weighted by atomic mass is 15.2. The molecule has 0 bridgehead atoms. The van der Waals surface area contributed by atoms with Gasteiger partial charge in [0.1, 0.15) is 0 Å². The van der Waals surface area contributed by atoms with Gasteiger partial charge in [-0.2, -0.15) is 5.10 Å². The Kier molecular flexibility index (Phi) is 1.52. The van der Waals surface area contributed by atoms with Gasteiger partial charge in [-0.25, -0.2) is 0 Å². The molecule has 68 valence electrons. The lowest BCUT2D eigenvalue weighted by Crippen LogP contribution is -2.05. The summed E-state index contributed by atoms with van der Waals surface area (Å²) in [7, 11) is 0. The van der Waals surface area contributed by atoms with E-state index in [-0.39, 0.29) is 0 Å². The molecule has 2 aromatic heterocycles. The molecule has 0 aliphatic heterocycles. The molecule has 0 radical (unpaired) electrons. The minimum absolute atomic E-state index is 0.450. The van der Waals surface area contributed by atoms with Crippen LogP contribution in [0.4, 0.5) is 5.95 Å². The van der Waals surface area contributed by atoms with Crippen LogP contribution in [0.15, 0.2) is 6.07 Å². The fourth-order valence-corrected chi connectivity index (χ4v) is 1.76. The zero-order valence-electron chi connectivity index (χ0n) is 8.00. The zero-order valence-corrected chi connectivity index (χ0v) is 8.00. The minimum Gasteiger partial charge on any atom is -0.368 e. The van der Waals surface area contributed by atoms with E-state index >= 15 is 0 Å². The Labute approximate surface area is 76.4 Å². The van der Waals surface area contributed by atoms with Gasteiger partial charge in [0, 0.05) is 5.69 Å². The molecule has 0 unspecified atom stereocenters. The first-order valence-corrected chi connectivity index (χ1v) is 4.18. The van der Waals surface area contributed by atoms with Crippen molar-refractivity contribution in [3.63, 3.8) is 0 Å². The standard InChI is InChI=1S/C9H12N4/c1-5-4-6(2)13-8(5)7(3)11-12-9(13)10/h4H,1-3H3,(H2,10,12). The summed E-state index contributed by atoms with van der Waals surface area (Å²) in [6.45, 7) is 6.00. The normalized spacial score (nSPS) is 11.0. The number of nitrogen functional groups attached to an aromatic ring is 1. The Morgan fingerprint density at radius 3 is 2.54 bits per heavy atom. The van der Waals surface area contributed by atoms with Crippen molar-refractivity contribution in [1.29, 1.82) is 0 Å². The largest absolute Gasteiger partial charge is 0.368 e. The molecule has 2 aromatic rings. The van der Waals surface area contributed by atoms with Crippen molar-refractivity contribution < 1.29 is 0 Å². The topological polar surface area (TPSA) is 56.2 Å². The van der Waals surface area contributed by atoms with Crippen molar-refractivity contribution >= 4 is 11.5 Å². The maximum absolute atomic E-state index is 5.73. The molecule has 2 N–H and O–H groups in total. The van der Waals surface area contributed by atoms with Gasteiger partial charge in [-0.15, -0.1) is 5.10 Å². The fraction of sp³-hybridized carbons (Fsp3) is 0.333. The number of hydrogen-bond donors (Lipinski definition) is 1. The molecule has 0 atom stereocenters. The molecule has 2 rings (SSSR count). The van der Waals surface area contributed by atoms with Crippen LogP contribution in [0.5, 0.6) is 0 Å². The Morgan fingerprint density at radius 2 is 1.92 bits per heavy atom. The molecule has 0 aliphatic carbocycles. The number of rotatable bonds is 0. The number of anilines is 1. The van der Waals surface area contributed by atoms with Crippen molar-refractivity contribution in [2.45, 2.75) is 20.8 Å². The molecule has 0 saturated heterocycles. The van der Waals surface area contributed by atoms with Crippen LogP contribution in [0.3, 0.4) is 0 Å². The molecule has 0 aliphatic rings. The summed E-state index contributed by atoms with van der Waals surface area (Å²) < 4.78 is 1.93. The first-order chi connectivity index (χ1) is 6.11. The molecule has 0 saturated carbocycles. The van der Waals surface area contributed by atoms with E-state index in [9.17, 15) is 0 Å². The molecular weight excluding hydrogens is 164 g/mol. The second-order valence-corrected chi connectivity index (χ2v) is 3.30. The van der Waals surface area contributed by atoms with E-state index in [4.69, 9.17) is 5.73 Å². The maximum atomic E-state index is 5.73. The molecule has 0 spiro atoms. The van der Waals surface area contributed by atoms with Crippen LogP contribution in [0.1, 0.15) is 17.0 Å². The Morgan fingerprint density at radius 1 is 1.23 bits per heavy atom. The lowest BCUT2D eigenvalue weighted by atomic mass is 10.3. The summed E-state index contributed by atoms with van der Waals surface area (Å²) in [5, 5.41) is 7.86. The third-order valence-electron chi connectivity index (χ3n) is 2.25. The molecule has 13 heavy (non-hydrogen) atoms. The van der Waals surface area contributed by atoms with Crippen LogP contribution in [-0.2, 0) is 0 Å². The van der Waals surface area contributed by atoms with Crippen LogP contribution in [-0.4, -0.2) is 14.6 Å². The van der Waals surface area contributed by atoms with Gasteiger partial charge in [0.15, 0.2) is 0 Å². The Bertz CT molecular complexity index is 428. The smallest absolute Gasteiger partial charge is 0.225 e. The van der Waals surface area contributed by atoms with Crippen molar-refractivity contribution in [1.82, 2.24) is 14.6 Å². The van der Waals surface area contributed by atoms with Crippen molar-refractivity contribution in [3.8, 4) is 0 Å². The number of hydrogen-bond acceptors (Lipinski definition) is 3. The summed E-state index contributed by atoms with van der Waals surface area (Å²) >= 11 is 0. The molecule has 0 fully saturated rings. The number of nitrogens with two attached hydrogens (primary N) is 1. The summed E-state index contributed by atoms with van der Waals surface area (Å²) in [4.78, 5) is 0. The lowest BCUT2D eigenvalue weighted by molar-refractivity contribution is 0.918. The summed E-state index contributed by atoms with van der Waals surface area (Å²) in [6.07, 6.45) is 0. The van der Waals surface area contributed by atoms with Gasteiger partial charge < -0.3 is 5.73 Å². The van der Waals surface area contributed by atoms with Gasteiger partial charge in [0.2, 0.25) is 5.95 Å². The number of nitrogens with zero attached hydrogens (tertiary/aromatic N) is 3. The van der Waals surface area contributed by atoms with Gasteiger partial charge in [-0.1, -0.05) is 0 Å². The second-order valence-electron chi connectivity index (χ2n) is 3.30. The maximum Gasteiger partial charge on any atom is 0.225 e. The van der Waals surface area contributed by atoms with E-state index in [0.717, 1.165) is 16.9 Å². The van der Waals surface area contributed by atoms with Crippen LogP contribution in [0.2, 0.25) is 0 Å². The van der Waals surface area contributed by atoms with Gasteiger partial charge >= 0.3 is 0 Å². The first kappa shape index (κ1) is 8.04. The highest BCUT2D eigenvalue weighted by molar-refractivity contribution is 5.62. The molecular formula is C9H12N4. The average molecular weight is 176 g/mol. The predicted molar refractivity (Wildman–Crippen MR) is 51.6 cm³/mol. The van der Waals surface area contributed by atoms with E-state index in [1.807, 2.05) is 18.2 Å². The van der Waals surface area contributed by atoms with Crippen LogP contribution in [0.25, 0.3) is 5.52 Å². The molecule has 4 nitrogen and oxygen atoms in total. The summed E-state index contributed by atoms with van der Waals surface area (Å²) in [5.41, 5.74) is 10.0. The highest BCUT2D eigenvalue weighted by Crippen LogP contribution is 2.19. The van der Waals surface area contributed by atoms with Gasteiger partial charge in [-0.3, -0.25) is 4.40 Å². The molecule has 0 aromatic carbocycles. The van der Waals surface area contributed by atoms with Gasteiger partial charge in [0.25, 0.3) is 0 Å². The Hall–Kier alpha value is -1.58. The van der Waals surface area contributed by atoms with Crippen molar-refractivity contribution in [3.05, 3.63) is 23.0 Å². The van der Waals surface area contributed by atoms with Gasteiger partial charge in [-0.05, 0) is 32.4 Å². The SMILES string of the molecule is Cc1cc(C)n2c(N)nnc(C)c12. The highest BCUT2D eigenvalue weighted by Gasteiger charge is 2.09. The second kappa shape index (κ2) is 2.45. The lowest BCUT2D eigenvalue weighted by Gasteiger charge is -2.03. The minimum atomic E-state index is 0.450. The van der Waals surface area contributed by atoms with E-state index in [1.54, 1.807) is 0 Å². The third-order valence-corrected chi connectivity index (χ3v) is 2.25. The van der Waals surface area contributed by atoms with E-state index in [1.165, 1.54) is 5.56 Å². The van der Waals surface area contributed by atoms with Crippen LogP contribution in [0, 0.1) is 20.8 Å².